The van der Waals surface area contributed by atoms with Gasteiger partial charge in [0.2, 0.25) is 5.13 Å². The summed E-state index contributed by atoms with van der Waals surface area (Å²) in [5.74, 6) is 0.340. The summed E-state index contributed by atoms with van der Waals surface area (Å²) in [6.45, 7) is 1.10. The molecule has 8 heteroatoms. The standard InChI is InChI=1S/C14H16F3N3OS/c1-8(2)6-12-19-14(22-20-12)18-7-9-10(15)4-3-5-11(9)21-13(16)17/h3-5,8,13H,6-7H2,1-2H3,(H,18,19,20). The summed E-state index contributed by atoms with van der Waals surface area (Å²) in [5.41, 5.74) is 0.0309. The van der Waals surface area contributed by atoms with Gasteiger partial charge in [0, 0.05) is 30.1 Å². The van der Waals surface area contributed by atoms with Gasteiger partial charge in [-0.2, -0.15) is 13.2 Å². The number of benzene rings is 1. The van der Waals surface area contributed by atoms with Crippen LogP contribution in [0.15, 0.2) is 18.2 Å². The van der Waals surface area contributed by atoms with Crippen LogP contribution in [0.1, 0.15) is 25.2 Å². The molecular formula is C14H16F3N3OS. The molecule has 0 aliphatic rings. The first-order valence-corrected chi connectivity index (χ1v) is 7.51. The fourth-order valence-corrected chi connectivity index (χ4v) is 2.44. The Bertz CT molecular complexity index is 619. The maximum Gasteiger partial charge on any atom is 0.387 e. The third-order valence-electron chi connectivity index (χ3n) is 2.77. The largest absolute Gasteiger partial charge is 0.434 e. The molecule has 0 aliphatic heterocycles. The van der Waals surface area contributed by atoms with Crippen LogP contribution >= 0.6 is 11.5 Å². The SMILES string of the molecule is CC(C)Cc1nsc(NCc2c(F)cccc2OC(F)F)n1. The monoisotopic (exact) mass is 331 g/mol. The average molecular weight is 331 g/mol. The number of ether oxygens (including phenoxy) is 1. The Kier molecular flexibility index (Phi) is 5.59. The van der Waals surface area contributed by atoms with Crippen LogP contribution in [0.2, 0.25) is 0 Å². The topological polar surface area (TPSA) is 47.0 Å². The van der Waals surface area contributed by atoms with Crippen LogP contribution in [0.25, 0.3) is 0 Å². The Balaban J connectivity index is 2.06. The number of nitrogens with one attached hydrogen (secondary N) is 1. The van der Waals surface area contributed by atoms with E-state index in [1.54, 1.807) is 0 Å². The van der Waals surface area contributed by atoms with Crippen LogP contribution in [0.4, 0.5) is 18.3 Å². The van der Waals surface area contributed by atoms with Gasteiger partial charge in [-0.25, -0.2) is 9.37 Å². The lowest BCUT2D eigenvalue weighted by atomic mass is 10.1. The highest BCUT2D eigenvalue weighted by atomic mass is 32.1. The van der Waals surface area contributed by atoms with Gasteiger partial charge >= 0.3 is 6.61 Å². The molecule has 1 heterocycles. The van der Waals surface area contributed by atoms with Gasteiger partial charge in [-0.05, 0) is 18.1 Å². The highest BCUT2D eigenvalue weighted by Crippen LogP contribution is 2.25. The third kappa shape index (κ3) is 4.59. The minimum Gasteiger partial charge on any atom is -0.434 e. The van der Waals surface area contributed by atoms with Gasteiger partial charge in [0.25, 0.3) is 0 Å². The molecule has 22 heavy (non-hydrogen) atoms. The fourth-order valence-electron chi connectivity index (χ4n) is 1.85. The highest BCUT2D eigenvalue weighted by molar-refractivity contribution is 7.09. The Labute approximate surface area is 130 Å². The van der Waals surface area contributed by atoms with Gasteiger partial charge in [-0.1, -0.05) is 19.9 Å². The Morgan fingerprint density at radius 3 is 2.77 bits per heavy atom. The number of anilines is 1. The summed E-state index contributed by atoms with van der Waals surface area (Å²) in [5, 5.41) is 3.40. The van der Waals surface area contributed by atoms with Gasteiger partial charge in [0.1, 0.15) is 17.4 Å². The van der Waals surface area contributed by atoms with Gasteiger partial charge in [-0.15, -0.1) is 0 Å². The van der Waals surface area contributed by atoms with Crippen molar-refractivity contribution in [1.29, 1.82) is 0 Å². The fraction of sp³-hybridized carbons (Fsp3) is 0.429. The zero-order chi connectivity index (χ0) is 16.1. The summed E-state index contributed by atoms with van der Waals surface area (Å²) in [6, 6.07) is 3.82. The molecule has 0 fully saturated rings. The summed E-state index contributed by atoms with van der Waals surface area (Å²) in [7, 11) is 0. The first kappa shape index (κ1) is 16.5. The van der Waals surface area contributed by atoms with Crippen LogP contribution in [-0.2, 0) is 13.0 Å². The second-order valence-corrected chi connectivity index (χ2v) is 5.81. The molecule has 0 saturated heterocycles. The van der Waals surface area contributed by atoms with E-state index in [0.717, 1.165) is 18.0 Å². The zero-order valence-electron chi connectivity index (χ0n) is 12.1. The zero-order valence-corrected chi connectivity index (χ0v) is 13.0. The number of rotatable bonds is 7. The number of nitrogens with zero attached hydrogens (tertiary/aromatic N) is 2. The minimum atomic E-state index is -3.00. The first-order valence-electron chi connectivity index (χ1n) is 6.74. The van der Waals surface area contributed by atoms with Crippen LogP contribution in [0.3, 0.4) is 0 Å². The van der Waals surface area contributed by atoms with Crippen molar-refractivity contribution in [3.05, 3.63) is 35.4 Å². The third-order valence-corrected chi connectivity index (χ3v) is 3.48. The van der Waals surface area contributed by atoms with E-state index < -0.39 is 12.4 Å². The van der Waals surface area contributed by atoms with E-state index in [9.17, 15) is 13.2 Å². The summed E-state index contributed by atoms with van der Waals surface area (Å²) in [4.78, 5) is 4.27. The maximum absolute atomic E-state index is 13.8. The molecule has 4 nitrogen and oxygen atoms in total. The van der Waals surface area contributed by atoms with Crippen LogP contribution in [-0.4, -0.2) is 16.0 Å². The number of hydrogen-bond acceptors (Lipinski definition) is 5. The van der Waals surface area contributed by atoms with Crippen molar-refractivity contribution in [3.8, 4) is 5.75 Å². The smallest absolute Gasteiger partial charge is 0.387 e. The number of hydrogen-bond donors (Lipinski definition) is 1. The van der Waals surface area contributed by atoms with Crippen molar-refractivity contribution in [2.75, 3.05) is 5.32 Å². The second-order valence-electron chi connectivity index (χ2n) is 5.06. The highest BCUT2D eigenvalue weighted by Gasteiger charge is 2.14. The molecule has 1 aromatic heterocycles. The van der Waals surface area contributed by atoms with Crippen molar-refractivity contribution in [2.45, 2.75) is 33.4 Å². The summed E-state index contributed by atoms with van der Waals surface area (Å²) in [6.07, 6.45) is 0.748. The van der Waals surface area contributed by atoms with Crippen LogP contribution in [0.5, 0.6) is 5.75 Å². The van der Waals surface area contributed by atoms with Crippen LogP contribution < -0.4 is 10.1 Å². The molecule has 0 atom stereocenters. The van der Waals surface area contributed by atoms with E-state index in [1.807, 2.05) is 0 Å². The first-order chi connectivity index (χ1) is 10.5. The van der Waals surface area contributed by atoms with E-state index in [4.69, 9.17) is 0 Å². The van der Waals surface area contributed by atoms with E-state index in [-0.39, 0.29) is 17.9 Å². The molecule has 2 aromatic rings. The van der Waals surface area contributed by atoms with Gasteiger partial charge in [0.15, 0.2) is 0 Å². The maximum atomic E-state index is 13.8. The quantitative estimate of drug-likeness (QED) is 0.830. The lowest BCUT2D eigenvalue weighted by Gasteiger charge is -2.11. The Hall–Kier alpha value is -1.83. The molecule has 0 radical (unpaired) electrons. The normalized spacial score (nSPS) is 11.2. The molecule has 2 rings (SSSR count). The van der Waals surface area contributed by atoms with Gasteiger partial charge in [-0.3, -0.25) is 0 Å². The predicted molar refractivity (Wildman–Crippen MR) is 78.8 cm³/mol. The average Bonchev–Trinajstić information content (AvgIpc) is 2.84. The van der Waals surface area contributed by atoms with Gasteiger partial charge in [0.05, 0.1) is 0 Å². The molecule has 1 aromatic carbocycles. The molecule has 1 N–H and O–H groups in total. The Morgan fingerprint density at radius 2 is 2.09 bits per heavy atom. The molecule has 120 valence electrons. The van der Waals surface area contributed by atoms with E-state index >= 15 is 0 Å². The predicted octanol–water partition coefficient (Wildman–Crippen LogP) is 4.09. The number of alkyl halides is 2. The molecule has 0 spiro atoms. The summed E-state index contributed by atoms with van der Waals surface area (Å²) < 4.78 is 47.0. The molecule has 0 amide bonds. The molecule has 0 bridgehead atoms. The summed E-state index contributed by atoms with van der Waals surface area (Å²) >= 11 is 1.15. The van der Waals surface area contributed by atoms with E-state index in [2.05, 4.69) is 33.3 Å². The van der Waals surface area contributed by atoms with E-state index in [1.165, 1.54) is 18.2 Å². The number of aromatic nitrogens is 2. The van der Waals surface area contributed by atoms with Crippen molar-refractivity contribution in [1.82, 2.24) is 9.36 Å². The van der Waals surface area contributed by atoms with Crippen molar-refractivity contribution in [3.63, 3.8) is 0 Å². The minimum absolute atomic E-state index is 0.00889. The molecule has 0 aliphatic carbocycles. The van der Waals surface area contributed by atoms with Gasteiger partial charge < -0.3 is 10.1 Å². The molecular weight excluding hydrogens is 315 g/mol. The van der Waals surface area contributed by atoms with Crippen molar-refractivity contribution >= 4 is 16.7 Å². The molecule has 0 saturated carbocycles. The van der Waals surface area contributed by atoms with Crippen molar-refractivity contribution < 1.29 is 17.9 Å². The van der Waals surface area contributed by atoms with Crippen molar-refractivity contribution in [2.24, 2.45) is 5.92 Å². The lowest BCUT2D eigenvalue weighted by molar-refractivity contribution is -0.0505. The lowest BCUT2D eigenvalue weighted by Crippen LogP contribution is -2.09. The second kappa shape index (κ2) is 7.44. The molecule has 0 unspecified atom stereocenters. The van der Waals surface area contributed by atoms with E-state index in [0.29, 0.717) is 16.9 Å². The number of halogens is 3. The Morgan fingerprint density at radius 1 is 1.32 bits per heavy atom. The van der Waals surface area contributed by atoms with Crippen LogP contribution in [0, 0.1) is 11.7 Å².